The number of methoxy groups -OCH3 is 1. The largest absolute Gasteiger partial charge is 0.380 e. The number of rotatable bonds is 4. The van der Waals surface area contributed by atoms with Crippen molar-refractivity contribution in [3.8, 4) is 0 Å². The zero-order valence-electron chi connectivity index (χ0n) is 7.86. The Bertz CT molecular complexity index is 263. The quantitative estimate of drug-likeness (QED) is 0.720. The van der Waals surface area contributed by atoms with Gasteiger partial charge in [-0.2, -0.15) is 0 Å². The van der Waals surface area contributed by atoms with Crippen molar-refractivity contribution >= 4 is 0 Å². The molecule has 0 bridgehead atoms. The maximum absolute atomic E-state index is 5.84. The minimum atomic E-state index is -0.0913. The molecule has 0 saturated heterocycles. The summed E-state index contributed by atoms with van der Waals surface area (Å²) in [6.07, 6.45) is 0. The van der Waals surface area contributed by atoms with Crippen LogP contribution in [-0.2, 0) is 11.3 Å². The topological polar surface area (TPSA) is 61.3 Å². The average Bonchev–Trinajstić information content (AvgIpc) is 2.18. The van der Waals surface area contributed by atoms with E-state index in [1.54, 1.807) is 7.11 Å². The molecule has 0 aromatic heterocycles. The summed E-state index contributed by atoms with van der Waals surface area (Å²) in [6.45, 7) is 1.05. The van der Waals surface area contributed by atoms with Crippen molar-refractivity contribution in [2.24, 2.45) is 11.5 Å². The maximum atomic E-state index is 5.84. The predicted octanol–water partition coefficient (Wildman–Crippen LogP) is 0.792. The van der Waals surface area contributed by atoms with Gasteiger partial charge in [-0.05, 0) is 11.1 Å². The van der Waals surface area contributed by atoms with Crippen LogP contribution in [0.5, 0.6) is 0 Å². The van der Waals surface area contributed by atoms with Crippen LogP contribution in [0, 0.1) is 0 Å². The fourth-order valence-electron chi connectivity index (χ4n) is 1.31. The molecule has 72 valence electrons. The smallest absolute Gasteiger partial charge is 0.0716 e. The molecule has 0 heterocycles. The van der Waals surface area contributed by atoms with Crippen LogP contribution >= 0.6 is 0 Å². The Labute approximate surface area is 78.7 Å². The van der Waals surface area contributed by atoms with Crippen molar-refractivity contribution in [2.45, 2.75) is 12.6 Å². The van der Waals surface area contributed by atoms with E-state index in [2.05, 4.69) is 0 Å². The Hall–Kier alpha value is -0.900. The van der Waals surface area contributed by atoms with Crippen molar-refractivity contribution in [3.05, 3.63) is 35.4 Å². The second-order valence-electron chi connectivity index (χ2n) is 2.97. The molecule has 3 heteroatoms. The molecule has 0 aliphatic rings. The molecule has 3 nitrogen and oxygen atoms in total. The molecular weight excluding hydrogens is 164 g/mol. The lowest BCUT2D eigenvalue weighted by molar-refractivity contribution is 0.184. The average molecular weight is 180 g/mol. The predicted molar refractivity (Wildman–Crippen MR) is 53.1 cm³/mol. The van der Waals surface area contributed by atoms with Crippen LogP contribution in [0.15, 0.2) is 24.3 Å². The van der Waals surface area contributed by atoms with Crippen LogP contribution < -0.4 is 11.5 Å². The van der Waals surface area contributed by atoms with Gasteiger partial charge in [-0.15, -0.1) is 0 Å². The van der Waals surface area contributed by atoms with E-state index in [-0.39, 0.29) is 6.04 Å². The van der Waals surface area contributed by atoms with Gasteiger partial charge < -0.3 is 16.2 Å². The van der Waals surface area contributed by atoms with E-state index in [1.165, 1.54) is 0 Å². The van der Waals surface area contributed by atoms with E-state index in [4.69, 9.17) is 16.2 Å². The number of ether oxygens (including phenoxy) is 1. The molecule has 1 rings (SSSR count). The van der Waals surface area contributed by atoms with E-state index in [0.717, 1.165) is 11.1 Å². The minimum absolute atomic E-state index is 0.0913. The van der Waals surface area contributed by atoms with Gasteiger partial charge in [0.2, 0.25) is 0 Å². The Balaban J connectivity index is 2.90. The highest BCUT2D eigenvalue weighted by Crippen LogP contribution is 2.15. The van der Waals surface area contributed by atoms with Crippen LogP contribution in [0.25, 0.3) is 0 Å². The van der Waals surface area contributed by atoms with Gasteiger partial charge in [0.1, 0.15) is 0 Å². The maximum Gasteiger partial charge on any atom is 0.0716 e. The van der Waals surface area contributed by atoms with Crippen molar-refractivity contribution < 1.29 is 4.74 Å². The zero-order chi connectivity index (χ0) is 9.68. The first-order valence-corrected chi connectivity index (χ1v) is 4.32. The van der Waals surface area contributed by atoms with Crippen molar-refractivity contribution in [1.82, 2.24) is 0 Å². The van der Waals surface area contributed by atoms with Gasteiger partial charge in [0, 0.05) is 19.7 Å². The van der Waals surface area contributed by atoms with Crippen molar-refractivity contribution in [1.29, 1.82) is 0 Å². The van der Waals surface area contributed by atoms with Crippen molar-refractivity contribution in [2.75, 3.05) is 13.7 Å². The molecule has 1 unspecified atom stereocenters. The molecule has 0 fully saturated rings. The minimum Gasteiger partial charge on any atom is -0.380 e. The van der Waals surface area contributed by atoms with Gasteiger partial charge >= 0.3 is 0 Å². The molecule has 0 spiro atoms. The lowest BCUT2D eigenvalue weighted by Crippen LogP contribution is -2.22. The van der Waals surface area contributed by atoms with Crippen LogP contribution in [-0.4, -0.2) is 13.7 Å². The fraction of sp³-hybridized carbons (Fsp3) is 0.400. The summed E-state index contributed by atoms with van der Waals surface area (Å²) in [5, 5.41) is 0. The Morgan fingerprint density at radius 2 is 2.08 bits per heavy atom. The normalized spacial score (nSPS) is 12.8. The molecule has 0 radical (unpaired) electrons. The molecule has 0 aliphatic heterocycles. The van der Waals surface area contributed by atoms with Gasteiger partial charge in [0.05, 0.1) is 6.61 Å². The molecule has 1 atom stereocenters. The summed E-state index contributed by atoms with van der Waals surface area (Å²) in [6, 6.07) is 7.84. The van der Waals surface area contributed by atoms with E-state index in [1.807, 2.05) is 24.3 Å². The highest BCUT2D eigenvalue weighted by molar-refractivity contribution is 5.29. The Morgan fingerprint density at radius 1 is 1.38 bits per heavy atom. The van der Waals surface area contributed by atoms with Crippen LogP contribution in [0.4, 0.5) is 0 Å². The monoisotopic (exact) mass is 180 g/mol. The molecule has 13 heavy (non-hydrogen) atoms. The van der Waals surface area contributed by atoms with Crippen molar-refractivity contribution in [3.63, 3.8) is 0 Å². The van der Waals surface area contributed by atoms with Crippen LogP contribution in [0.3, 0.4) is 0 Å². The zero-order valence-corrected chi connectivity index (χ0v) is 7.86. The van der Waals surface area contributed by atoms with E-state index < -0.39 is 0 Å². The summed E-state index contributed by atoms with van der Waals surface area (Å²) in [5.41, 5.74) is 13.5. The summed E-state index contributed by atoms with van der Waals surface area (Å²) in [4.78, 5) is 0. The summed E-state index contributed by atoms with van der Waals surface area (Å²) in [5.74, 6) is 0. The molecule has 4 N–H and O–H groups in total. The van der Waals surface area contributed by atoms with E-state index in [9.17, 15) is 0 Å². The highest BCUT2D eigenvalue weighted by Gasteiger charge is 2.07. The number of hydrogen-bond donors (Lipinski definition) is 2. The fourth-order valence-corrected chi connectivity index (χ4v) is 1.31. The highest BCUT2D eigenvalue weighted by atomic mass is 16.5. The second-order valence-corrected chi connectivity index (χ2v) is 2.97. The Morgan fingerprint density at radius 3 is 2.69 bits per heavy atom. The number of hydrogen-bond acceptors (Lipinski definition) is 3. The molecular formula is C10H16N2O. The van der Waals surface area contributed by atoms with Crippen LogP contribution in [0.2, 0.25) is 0 Å². The second kappa shape index (κ2) is 4.97. The lowest BCUT2D eigenvalue weighted by Gasteiger charge is -2.13. The third-order valence-corrected chi connectivity index (χ3v) is 2.01. The van der Waals surface area contributed by atoms with Gasteiger partial charge in [-0.25, -0.2) is 0 Å². The first-order chi connectivity index (χ1) is 6.29. The standard InChI is InChI=1S/C10H16N2O/c1-13-7-8-4-2-3-5-9(8)10(12)6-11/h2-5,10H,6-7,11-12H2,1H3. The van der Waals surface area contributed by atoms with Gasteiger partial charge in [0.15, 0.2) is 0 Å². The molecule has 0 amide bonds. The summed E-state index contributed by atoms with van der Waals surface area (Å²) >= 11 is 0. The molecule has 0 saturated carbocycles. The SMILES string of the molecule is COCc1ccccc1C(N)CN. The molecule has 1 aromatic carbocycles. The summed E-state index contributed by atoms with van der Waals surface area (Å²) in [7, 11) is 1.67. The van der Waals surface area contributed by atoms with E-state index in [0.29, 0.717) is 13.2 Å². The third-order valence-electron chi connectivity index (χ3n) is 2.01. The van der Waals surface area contributed by atoms with E-state index >= 15 is 0 Å². The first-order valence-electron chi connectivity index (χ1n) is 4.32. The van der Waals surface area contributed by atoms with Crippen LogP contribution in [0.1, 0.15) is 17.2 Å². The van der Waals surface area contributed by atoms with Gasteiger partial charge in [-0.3, -0.25) is 0 Å². The molecule has 0 aliphatic carbocycles. The first kappa shape index (κ1) is 10.2. The lowest BCUT2D eigenvalue weighted by atomic mass is 10.0. The van der Waals surface area contributed by atoms with Gasteiger partial charge in [-0.1, -0.05) is 24.3 Å². The molecule has 1 aromatic rings. The number of benzene rings is 1. The summed E-state index contributed by atoms with van der Waals surface area (Å²) < 4.78 is 5.07. The number of nitrogens with two attached hydrogens (primary N) is 2. The van der Waals surface area contributed by atoms with Gasteiger partial charge in [0.25, 0.3) is 0 Å². The Kier molecular flexibility index (Phi) is 3.89. The third kappa shape index (κ3) is 2.52.